The third kappa shape index (κ3) is 2.79. The summed E-state index contributed by atoms with van der Waals surface area (Å²) in [6.45, 7) is 2.25. The van der Waals surface area contributed by atoms with E-state index in [1.165, 1.54) is 4.52 Å². The number of fused-ring (bicyclic) bond motifs is 1. The first-order chi connectivity index (χ1) is 10.0. The highest BCUT2D eigenvalue weighted by atomic mass is 79.9. The van der Waals surface area contributed by atoms with Crippen molar-refractivity contribution in [3.8, 4) is 0 Å². The maximum absolute atomic E-state index is 12.0. The fraction of sp³-hybridized carbons (Fsp3) is 0.154. The summed E-state index contributed by atoms with van der Waals surface area (Å²) >= 11 is 9.27. The molecule has 0 saturated heterocycles. The molecule has 1 aromatic carbocycles. The summed E-state index contributed by atoms with van der Waals surface area (Å²) in [5.74, 6) is 0.754. The Kier molecular flexibility index (Phi) is 3.69. The van der Waals surface area contributed by atoms with Gasteiger partial charge in [0.1, 0.15) is 5.02 Å². The Bertz CT molecular complexity index is 855. The number of benzene rings is 1. The van der Waals surface area contributed by atoms with Crippen molar-refractivity contribution in [3.63, 3.8) is 0 Å². The highest BCUT2D eigenvalue weighted by molar-refractivity contribution is 9.10. The summed E-state index contributed by atoms with van der Waals surface area (Å²) in [5.41, 5.74) is 1.20. The number of hydrogen-bond donors (Lipinski definition) is 2. The number of aromatic nitrogens is 4. The van der Waals surface area contributed by atoms with Crippen molar-refractivity contribution in [2.24, 2.45) is 0 Å². The summed E-state index contributed by atoms with van der Waals surface area (Å²) in [6.07, 6.45) is 0. The molecule has 108 valence electrons. The van der Waals surface area contributed by atoms with Crippen LogP contribution in [0.1, 0.15) is 11.3 Å². The van der Waals surface area contributed by atoms with Crippen LogP contribution in [-0.4, -0.2) is 19.6 Å². The Labute approximate surface area is 133 Å². The second kappa shape index (κ2) is 5.50. The van der Waals surface area contributed by atoms with Crippen LogP contribution in [0.4, 0.5) is 5.95 Å². The Morgan fingerprint density at radius 2 is 2.05 bits per heavy atom. The molecule has 0 atom stereocenters. The van der Waals surface area contributed by atoms with E-state index in [1.807, 2.05) is 24.3 Å². The molecule has 0 amide bonds. The lowest BCUT2D eigenvalue weighted by atomic mass is 10.2. The topological polar surface area (TPSA) is 75.1 Å². The van der Waals surface area contributed by atoms with E-state index in [2.05, 4.69) is 36.3 Å². The van der Waals surface area contributed by atoms with E-state index in [9.17, 15) is 4.79 Å². The number of H-pyrrole nitrogens is 1. The number of anilines is 1. The maximum Gasteiger partial charge on any atom is 0.293 e. The predicted molar refractivity (Wildman–Crippen MR) is 84.8 cm³/mol. The zero-order chi connectivity index (χ0) is 15.0. The molecule has 0 spiro atoms. The van der Waals surface area contributed by atoms with Crippen LogP contribution < -0.4 is 10.9 Å². The van der Waals surface area contributed by atoms with Gasteiger partial charge >= 0.3 is 0 Å². The molecule has 3 rings (SSSR count). The van der Waals surface area contributed by atoms with Crippen LogP contribution in [-0.2, 0) is 6.54 Å². The number of nitrogens with one attached hydrogen (secondary N) is 2. The normalized spacial score (nSPS) is 11.0. The molecule has 0 saturated carbocycles. The van der Waals surface area contributed by atoms with E-state index in [4.69, 9.17) is 11.6 Å². The van der Waals surface area contributed by atoms with Gasteiger partial charge in [-0.1, -0.05) is 39.7 Å². The average molecular weight is 369 g/mol. The maximum atomic E-state index is 12.0. The van der Waals surface area contributed by atoms with Crippen molar-refractivity contribution >= 4 is 39.3 Å². The van der Waals surface area contributed by atoms with Gasteiger partial charge in [0.05, 0.1) is 5.69 Å². The molecule has 0 fully saturated rings. The minimum atomic E-state index is -0.358. The van der Waals surface area contributed by atoms with E-state index in [0.717, 1.165) is 10.0 Å². The quantitative estimate of drug-likeness (QED) is 0.745. The summed E-state index contributed by atoms with van der Waals surface area (Å²) in [4.78, 5) is 20.4. The van der Waals surface area contributed by atoms with Crippen LogP contribution in [0.25, 0.3) is 5.78 Å². The van der Waals surface area contributed by atoms with Gasteiger partial charge in [-0.25, -0.2) is 4.98 Å². The molecule has 6 nitrogen and oxygen atoms in total. The zero-order valence-electron chi connectivity index (χ0n) is 11.0. The molecule has 2 aromatic heterocycles. The van der Waals surface area contributed by atoms with Crippen molar-refractivity contribution < 1.29 is 0 Å². The van der Waals surface area contributed by atoms with Gasteiger partial charge in [0.2, 0.25) is 5.95 Å². The second-order valence-corrected chi connectivity index (χ2v) is 5.80. The lowest BCUT2D eigenvalue weighted by molar-refractivity contribution is 0.886. The monoisotopic (exact) mass is 367 g/mol. The fourth-order valence-corrected chi connectivity index (χ4v) is 2.26. The largest absolute Gasteiger partial charge is 0.351 e. The van der Waals surface area contributed by atoms with E-state index >= 15 is 0 Å². The van der Waals surface area contributed by atoms with Gasteiger partial charge in [0.15, 0.2) is 0 Å². The van der Waals surface area contributed by atoms with E-state index in [-0.39, 0.29) is 10.6 Å². The van der Waals surface area contributed by atoms with E-state index in [0.29, 0.717) is 24.0 Å². The molecule has 2 N–H and O–H groups in total. The molecule has 0 radical (unpaired) electrons. The second-order valence-electron chi connectivity index (χ2n) is 4.50. The Morgan fingerprint density at radius 1 is 1.33 bits per heavy atom. The van der Waals surface area contributed by atoms with Gasteiger partial charge in [-0.15, -0.1) is 0 Å². The first-order valence-corrected chi connectivity index (χ1v) is 7.35. The lowest BCUT2D eigenvalue weighted by Crippen LogP contribution is -2.17. The van der Waals surface area contributed by atoms with E-state index < -0.39 is 0 Å². The smallest absolute Gasteiger partial charge is 0.293 e. The Hall–Kier alpha value is -1.86. The van der Waals surface area contributed by atoms with Crippen molar-refractivity contribution in [1.82, 2.24) is 19.6 Å². The summed E-state index contributed by atoms with van der Waals surface area (Å²) in [6, 6.07) is 7.91. The number of aryl methyl sites for hydroxylation is 1. The molecule has 8 heteroatoms. The minimum absolute atomic E-state index is 0.0932. The molecule has 0 bridgehead atoms. The molecule has 0 aliphatic carbocycles. The molecule has 0 unspecified atom stereocenters. The molecule has 0 aliphatic heterocycles. The number of halogens is 2. The number of nitrogens with zero attached hydrogens (tertiary/aromatic N) is 3. The first-order valence-electron chi connectivity index (χ1n) is 6.18. The standard InChI is InChI=1S/C13H11BrClN5O/c1-7-10(15)11(21)20-13(17-7)18-12(19-20)16-6-8-2-4-9(14)5-3-8/h2-5H,6H2,1H3,(H2,16,17,18,19). The average Bonchev–Trinajstić information content (AvgIpc) is 2.87. The van der Waals surface area contributed by atoms with Gasteiger partial charge in [0.25, 0.3) is 11.3 Å². The molecule has 3 aromatic rings. The van der Waals surface area contributed by atoms with Crippen LogP contribution >= 0.6 is 27.5 Å². The highest BCUT2D eigenvalue weighted by Crippen LogP contribution is 2.12. The first kappa shape index (κ1) is 14.1. The third-order valence-electron chi connectivity index (χ3n) is 2.98. The van der Waals surface area contributed by atoms with E-state index in [1.54, 1.807) is 6.92 Å². The molecule has 2 heterocycles. The Balaban J connectivity index is 1.86. The van der Waals surface area contributed by atoms with Crippen LogP contribution in [0.15, 0.2) is 33.5 Å². The summed E-state index contributed by atoms with van der Waals surface area (Å²) in [7, 11) is 0. The van der Waals surface area contributed by atoms with Crippen LogP contribution in [0, 0.1) is 6.92 Å². The van der Waals surface area contributed by atoms with Crippen LogP contribution in [0.2, 0.25) is 5.02 Å². The molecular weight excluding hydrogens is 358 g/mol. The van der Waals surface area contributed by atoms with Gasteiger partial charge in [-0.2, -0.15) is 9.50 Å². The van der Waals surface area contributed by atoms with Crippen molar-refractivity contribution in [2.75, 3.05) is 5.32 Å². The highest BCUT2D eigenvalue weighted by Gasteiger charge is 2.11. The lowest BCUT2D eigenvalue weighted by Gasteiger charge is -2.02. The third-order valence-corrected chi connectivity index (χ3v) is 3.94. The summed E-state index contributed by atoms with van der Waals surface area (Å²) < 4.78 is 2.25. The van der Waals surface area contributed by atoms with Gasteiger partial charge < -0.3 is 5.32 Å². The molecular formula is C13H11BrClN5O. The van der Waals surface area contributed by atoms with Crippen LogP contribution in [0.5, 0.6) is 0 Å². The number of aromatic amines is 1. The van der Waals surface area contributed by atoms with Gasteiger partial charge in [-0.05, 0) is 24.6 Å². The SMILES string of the molecule is Cc1nc2nc(NCc3ccc(Br)cc3)[nH]n2c(=O)c1Cl. The molecule has 0 aliphatic rings. The Morgan fingerprint density at radius 3 is 2.76 bits per heavy atom. The van der Waals surface area contributed by atoms with Gasteiger partial charge in [0, 0.05) is 11.0 Å². The number of hydrogen-bond acceptors (Lipinski definition) is 4. The minimum Gasteiger partial charge on any atom is -0.351 e. The predicted octanol–water partition coefficient (Wildman–Crippen LogP) is 2.75. The van der Waals surface area contributed by atoms with Crippen molar-refractivity contribution in [3.05, 3.63) is 55.4 Å². The van der Waals surface area contributed by atoms with Crippen molar-refractivity contribution in [2.45, 2.75) is 13.5 Å². The van der Waals surface area contributed by atoms with Crippen LogP contribution in [0.3, 0.4) is 0 Å². The number of rotatable bonds is 3. The fourth-order valence-electron chi connectivity index (χ4n) is 1.87. The molecule has 21 heavy (non-hydrogen) atoms. The zero-order valence-corrected chi connectivity index (χ0v) is 13.4. The summed E-state index contributed by atoms with van der Waals surface area (Å²) in [5, 5.41) is 6.04. The van der Waals surface area contributed by atoms with Crippen molar-refractivity contribution in [1.29, 1.82) is 0 Å². The van der Waals surface area contributed by atoms with Gasteiger partial charge in [-0.3, -0.25) is 9.89 Å².